The quantitative estimate of drug-likeness (QED) is 0.449. The number of likely N-dealkylation sites (tertiary alicyclic amines) is 1. The van der Waals surface area contributed by atoms with Gasteiger partial charge in [-0.1, -0.05) is 6.08 Å². The molecule has 3 nitrogen and oxygen atoms in total. The number of carbonyl (C=O) groups excluding carboxylic acids is 2. The fourth-order valence-corrected chi connectivity index (χ4v) is 1.30. The molecular weight excluding hydrogens is 154 g/mol. The molecule has 12 heavy (non-hydrogen) atoms. The molecule has 0 aliphatic carbocycles. The minimum absolute atomic E-state index is 0.356. The minimum atomic E-state index is -0.403. The summed E-state index contributed by atoms with van der Waals surface area (Å²) < 4.78 is 0. The van der Waals surface area contributed by atoms with E-state index in [1.54, 1.807) is 17.9 Å². The fourth-order valence-electron chi connectivity index (χ4n) is 1.30. The molecule has 1 aliphatic heterocycles. The number of rotatable bonds is 2. The number of hydrogen-bond acceptors (Lipinski definition) is 2. The Morgan fingerprint density at radius 3 is 2.33 bits per heavy atom. The third-order valence-corrected chi connectivity index (χ3v) is 1.92. The molecule has 0 atom stereocenters. The summed E-state index contributed by atoms with van der Waals surface area (Å²) in [6, 6.07) is 0. The van der Waals surface area contributed by atoms with Crippen LogP contribution in [0.5, 0.6) is 0 Å². The molecule has 0 bridgehead atoms. The van der Waals surface area contributed by atoms with Crippen LogP contribution in [-0.4, -0.2) is 29.7 Å². The van der Waals surface area contributed by atoms with E-state index in [0.717, 1.165) is 25.9 Å². The summed E-state index contributed by atoms with van der Waals surface area (Å²) in [5, 5.41) is 0. The lowest BCUT2D eigenvalue weighted by Crippen LogP contribution is -2.33. The summed E-state index contributed by atoms with van der Waals surface area (Å²) in [4.78, 5) is 23.9. The van der Waals surface area contributed by atoms with E-state index in [-0.39, 0.29) is 5.91 Å². The second-order valence-electron chi connectivity index (χ2n) is 2.86. The molecule has 1 amide bonds. The predicted molar refractivity (Wildman–Crippen MR) is 45.6 cm³/mol. The molecule has 0 aromatic heterocycles. The van der Waals surface area contributed by atoms with Crippen LogP contribution in [0.25, 0.3) is 0 Å². The average Bonchev–Trinajstić information content (AvgIpc) is 2.55. The Morgan fingerprint density at radius 1 is 1.25 bits per heavy atom. The lowest BCUT2D eigenvalue weighted by molar-refractivity contribution is -0.141. The van der Waals surface area contributed by atoms with Crippen LogP contribution < -0.4 is 0 Å². The first-order chi connectivity index (χ1) is 5.75. The molecule has 0 spiro atoms. The van der Waals surface area contributed by atoms with Gasteiger partial charge in [-0.25, -0.2) is 0 Å². The molecule has 0 N–H and O–H groups in total. The maximum Gasteiger partial charge on any atom is 0.294 e. The minimum Gasteiger partial charge on any atom is -0.336 e. The largest absolute Gasteiger partial charge is 0.336 e. The molecule has 1 heterocycles. The Kier molecular flexibility index (Phi) is 3.02. The van der Waals surface area contributed by atoms with E-state index in [1.165, 1.54) is 6.08 Å². The Hall–Kier alpha value is -1.12. The van der Waals surface area contributed by atoms with E-state index in [9.17, 15) is 9.59 Å². The van der Waals surface area contributed by atoms with E-state index in [0.29, 0.717) is 0 Å². The van der Waals surface area contributed by atoms with Crippen LogP contribution in [-0.2, 0) is 9.59 Å². The van der Waals surface area contributed by atoms with Crippen molar-refractivity contribution in [2.45, 2.75) is 19.8 Å². The molecule has 0 unspecified atom stereocenters. The summed E-state index contributed by atoms with van der Waals surface area (Å²) in [5.74, 6) is -0.759. The summed E-state index contributed by atoms with van der Waals surface area (Å²) in [7, 11) is 0. The number of ketones is 1. The van der Waals surface area contributed by atoms with Gasteiger partial charge in [-0.3, -0.25) is 9.59 Å². The highest BCUT2D eigenvalue weighted by molar-refractivity contribution is 6.40. The molecule has 0 aromatic carbocycles. The Bertz CT molecular complexity index is 215. The second kappa shape index (κ2) is 4.04. The van der Waals surface area contributed by atoms with Gasteiger partial charge in [0, 0.05) is 13.1 Å². The van der Waals surface area contributed by atoms with Crippen molar-refractivity contribution < 1.29 is 9.59 Å². The van der Waals surface area contributed by atoms with Gasteiger partial charge in [0.25, 0.3) is 5.91 Å². The van der Waals surface area contributed by atoms with E-state index >= 15 is 0 Å². The van der Waals surface area contributed by atoms with Gasteiger partial charge in [0.2, 0.25) is 5.78 Å². The monoisotopic (exact) mass is 167 g/mol. The van der Waals surface area contributed by atoms with Crippen molar-refractivity contribution in [3.8, 4) is 0 Å². The second-order valence-corrected chi connectivity index (χ2v) is 2.86. The number of nitrogens with zero attached hydrogens (tertiary/aromatic N) is 1. The van der Waals surface area contributed by atoms with Crippen LogP contribution in [0.15, 0.2) is 12.2 Å². The molecule has 0 radical (unpaired) electrons. The smallest absolute Gasteiger partial charge is 0.294 e. The fraction of sp³-hybridized carbons (Fsp3) is 0.556. The third kappa shape index (κ3) is 1.94. The van der Waals surface area contributed by atoms with Crippen LogP contribution in [0.3, 0.4) is 0 Å². The number of carbonyl (C=O) groups is 2. The first-order valence-corrected chi connectivity index (χ1v) is 4.21. The summed E-state index contributed by atoms with van der Waals surface area (Å²) in [6.45, 7) is 3.21. The van der Waals surface area contributed by atoms with Gasteiger partial charge in [-0.2, -0.15) is 0 Å². The van der Waals surface area contributed by atoms with E-state index in [1.807, 2.05) is 0 Å². The standard InChI is InChI=1S/C9H13NO2/c1-2-5-8(11)9(12)10-6-3-4-7-10/h2,5H,3-4,6-7H2,1H3. The first kappa shape index (κ1) is 8.97. The van der Waals surface area contributed by atoms with Gasteiger partial charge in [0.1, 0.15) is 0 Å². The van der Waals surface area contributed by atoms with Crippen LogP contribution in [0, 0.1) is 0 Å². The molecular formula is C9H13NO2. The molecule has 1 aliphatic rings. The molecule has 1 saturated heterocycles. The van der Waals surface area contributed by atoms with Crippen LogP contribution in [0.4, 0.5) is 0 Å². The van der Waals surface area contributed by atoms with Gasteiger partial charge >= 0.3 is 0 Å². The summed E-state index contributed by atoms with van der Waals surface area (Å²) in [6.07, 6.45) is 4.96. The Labute approximate surface area is 72.0 Å². The molecule has 3 heteroatoms. The van der Waals surface area contributed by atoms with E-state index in [2.05, 4.69) is 0 Å². The van der Waals surface area contributed by atoms with E-state index < -0.39 is 5.78 Å². The van der Waals surface area contributed by atoms with Gasteiger partial charge in [0.15, 0.2) is 0 Å². The summed E-state index contributed by atoms with van der Waals surface area (Å²) >= 11 is 0. The molecule has 1 fully saturated rings. The summed E-state index contributed by atoms with van der Waals surface area (Å²) in [5.41, 5.74) is 0. The highest BCUT2D eigenvalue weighted by Crippen LogP contribution is 2.07. The zero-order valence-corrected chi connectivity index (χ0v) is 7.25. The van der Waals surface area contributed by atoms with Crippen molar-refractivity contribution in [1.29, 1.82) is 0 Å². The topological polar surface area (TPSA) is 37.4 Å². The normalized spacial score (nSPS) is 17.2. The third-order valence-electron chi connectivity index (χ3n) is 1.92. The van der Waals surface area contributed by atoms with E-state index in [4.69, 9.17) is 0 Å². The van der Waals surface area contributed by atoms with Crippen molar-refractivity contribution in [2.24, 2.45) is 0 Å². The highest BCUT2D eigenvalue weighted by Gasteiger charge is 2.21. The predicted octanol–water partition coefficient (Wildman–Crippen LogP) is 0.754. The van der Waals surface area contributed by atoms with Crippen molar-refractivity contribution >= 4 is 11.7 Å². The number of hydrogen-bond donors (Lipinski definition) is 0. The number of allylic oxidation sites excluding steroid dienone is 1. The maximum absolute atomic E-state index is 11.3. The molecule has 0 aromatic rings. The van der Waals surface area contributed by atoms with Crippen molar-refractivity contribution in [3.05, 3.63) is 12.2 Å². The lowest BCUT2D eigenvalue weighted by atomic mass is 10.3. The maximum atomic E-state index is 11.3. The van der Waals surface area contributed by atoms with Gasteiger partial charge in [-0.05, 0) is 25.8 Å². The van der Waals surface area contributed by atoms with Crippen LogP contribution in [0.2, 0.25) is 0 Å². The lowest BCUT2D eigenvalue weighted by Gasteiger charge is -2.11. The highest BCUT2D eigenvalue weighted by atomic mass is 16.2. The van der Waals surface area contributed by atoms with Crippen molar-refractivity contribution in [1.82, 2.24) is 4.90 Å². The van der Waals surface area contributed by atoms with Crippen molar-refractivity contribution in [2.75, 3.05) is 13.1 Å². The van der Waals surface area contributed by atoms with Gasteiger partial charge < -0.3 is 4.90 Å². The zero-order chi connectivity index (χ0) is 8.97. The van der Waals surface area contributed by atoms with Crippen LogP contribution >= 0.6 is 0 Å². The SMILES string of the molecule is CC=CC(=O)C(=O)N1CCCC1. The molecule has 66 valence electrons. The Balaban J connectivity index is 2.51. The Morgan fingerprint density at radius 2 is 1.83 bits per heavy atom. The molecule has 1 rings (SSSR count). The van der Waals surface area contributed by atoms with Crippen LogP contribution in [0.1, 0.15) is 19.8 Å². The first-order valence-electron chi connectivity index (χ1n) is 4.21. The molecule has 0 saturated carbocycles. The number of amides is 1. The average molecular weight is 167 g/mol. The van der Waals surface area contributed by atoms with Gasteiger partial charge in [-0.15, -0.1) is 0 Å². The zero-order valence-electron chi connectivity index (χ0n) is 7.25. The van der Waals surface area contributed by atoms with Crippen molar-refractivity contribution in [3.63, 3.8) is 0 Å². The van der Waals surface area contributed by atoms with Gasteiger partial charge in [0.05, 0.1) is 0 Å².